The summed E-state index contributed by atoms with van der Waals surface area (Å²) < 4.78 is 5.01. The van der Waals surface area contributed by atoms with Crippen LogP contribution in [-0.2, 0) is 11.3 Å². The second-order valence-electron chi connectivity index (χ2n) is 5.09. The van der Waals surface area contributed by atoms with Gasteiger partial charge in [-0.25, -0.2) is 0 Å². The van der Waals surface area contributed by atoms with Gasteiger partial charge in [-0.1, -0.05) is 28.4 Å². The molecule has 5 nitrogen and oxygen atoms in total. The maximum Gasteiger partial charge on any atom is 0.225 e. The normalized spacial score (nSPS) is 11.0. The Labute approximate surface area is 139 Å². The van der Waals surface area contributed by atoms with Crippen LogP contribution in [0.3, 0.4) is 0 Å². The standard InChI is InChI=1S/C15H17Cl2N3O2/c1-10-7-12(19-22-10)9-20(2)6-5-15(21)18-14-8-11(16)3-4-13(14)17/h3-4,7-8H,5-6,9H2,1-2H3,(H,18,21). The maximum absolute atomic E-state index is 12.0. The van der Waals surface area contributed by atoms with Gasteiger partial charge in [0.1, 0.15) is 5.76 Å². The molecular weight excluding hydrogens is 325 g/mol. The summed E-state index contributed by atoms with van der Waals surface area (Å²) >= 11 is 11.9. The quantitative estimate of drug-likeness (QED) is 0.869. The number of nitrogens with one attached hydrogen (secondary N) is 1. The van der Waals surface area contributed by atoms with Crippen LogP contribution in [0.4, 0.5) is 5.69 Å². The molecule has 1 amide bonds. The number of amides is 1. The van der Waals surface area contributed by atoms with Crippen LogP contribution < -0.4 is 5.32 Å². The van der Waals surface area contributed by atoms with Crippen molar-refractivity contribution in [2.45, 2.75) is 19.9 Å². The fourth-order valence-corrected chi connectivity index (χ4v) is 2.28. The number of aromatic nitrogens is 1. The van der Waals surface area contributed by atoms with Crippen LogP contribution in [0.2, 0.25) is 10.0 Å². The van der Waals surface area contributed by atoms with Gasteiger partial charge < -0.3 is 9.84 Å². The number of benzene rings is 1. The predicted octanol–water partition coefficient (Wildman–Crippen LogP) is 3.75. The van der Waals surface area contributed by atoms with Crippen molar-refractivity contribution in [2.24, 2.45) is 0 Å². The average Bonchev–Trinajstić information content (AvgIpc) is 2.86. The van der Waals surface area contributed by atoms with Crippen molar-refractivity contribution >= 4 is 34.8 Å². The van der Waals surface area contributed by atoms with E-state index in [2.05, 4.69) is 10.5 Å². The Kier molecular flexibility index (Phi) is 5.83. The summed E-state index contributed by atoms with van der Waals surface area (Å²) in [4.78, 5) is 14.0. The molecule has 0 saturated carbocycles. The van der Waals surface area contributed by atoms with E-state index in [9.17, 15) is 4.79 Å². The van der Waals surface area contributed by atoms with Crippen molar-refractivity contribution in [1.82, 2.24) is 10.1 Å². The average molecular weight is 342 g/mol. The van der Waals surface area contributed by atoms with E-state index in [0.29, 0.717) is 35.2 Å². The Bertz CT molecular complexity index is 658. The third-order valence-electron chi connectivity index (χ3n) is 3.03. The fraction of sp³-hybridized carbons (Fsp3) is 0.333. The molecule has 0 radical (unpaired) electrons. The Hall–Kier alpha value is -1.56. The van der Waals surface area contributed by atoms with Crippen LogP contribution in [0, 0.1) is 6.92 Å². The molecular formula is C15H17Cl2N3O2. The molecule has 0 aliphatic carbocycles. The second-order valence-corrected chi connectivity index (χ2v) is 5.93. The van der Waals surface area contributed by atoms with Gasteiger partial charge in [0.2, 0.25) is 5.91 Å². The Morgan fingerprint density at radius 3 is 2.82 bits per heavy atom. The van der Waals surface area contributed by atoms with Crippen LogP contribution >= 0.6 is 23.2 Å². The van der Waals surface area contributed by atoms with Gasteiger partial charge in [0, 0.05) is 30.6 Å². The highest BCUT2D eigenvalue weighted by molar-refractivity contribution is 6.35. The van der Waals surface area contributed by atoms with Gasteiger partial charge in [0.05, 0.1) is 16.4 Å². The molecule has 118 valence electrons. The molecule has 0 atom stereocenters. The summed E-state index contributed by atoms with van der Waals surface area (Å²) in [6, 6.07) is 6.83. The van der Waals surface area contributed by atoms with Crippen molar-refractivity contribution in [2.75, 3.05) is 18.9 Å². The molecule has 0 saturated heterocycles. The van der Waals surface area contributed by atoms with Gasteiger partial charge in [0.15, 0.2) is 0 Å². The number of hydrogen-bond acceptors (Lipinski definition) is 4. The van der Waals surface area contributed by atoms with E-state index in [0.717, 1.165) is 11.5 Å². The lowest BCUT2D eigenvalue weighted by molar-refractivity contribution is -0.116. The van der Waals surface area contributed by atoms with E-state index < -0.39 is 0 Å². The fourth-order valence-electron chi connectivity index (χ4n) is 1.95. The molecule has 1 aromatic heterocycles. The first-order valence-electron chi connectivity index (χ1n) is 6.79. The summed E-state index contributed by atoms with van der Waals surface area (Å²) in [6.07, 6.45) is 0.343. The summed E-state index contributed by atoms with van der Waals surface area (Å²) in [5.41, 5.74) is 1.37. The molecule has 1 aromatic carbocycles. The minimum absolute atomic E-state index is 0.118. The van der Waals surface area contributed by atoms with Crippen LogP contribution in [0.1, 0.15) is 17.9 Å². The Balaban J connectivity index is 1.81. The molecule has 2 rings (SSSR count). The first-order chi connectivity index (χ1) is 10.4. The van der Waals surface area contributed by atoms with Crippen LogP contribution in [-0.4, -0.2) is 29.6 Å². The highest BCUT2D eigenvalue weighted by Crippen LogP contribution is 2.25. The molecule has 0 aliphatic heterocycles. The van der Waals surface area contributed by atoms with E-state index in [1.807, 2.05) is 24.9 Å². The minimum atomic E-state index is -0.118. The molecule has 0 fully saturated rings. The number of carbonyl (C=O) groups is 1. The lowest BCUT2D eigenvalue weighted by Gasteiger charge is -2.14. The van der Waals surface area contributed by atoms with E-state index in [-0.39, 0.29) is 5.91 Å². The van der Waals surface area contributed by atoms with Crippen molar-refractivity contribution in [1.29, 1.82) is 0 Å². The third-order valence-corrected chi connectivity index (χ3v) is 3.60. The summed E-state index contributed by atoms with van der Waals surface area (Å²) in [5, 5.41) is 7.67. The highest BCUT2D eigenvalue weighted by Gasteiger charge is 2.10. The van der Waals surface area contributed by atoms with Crippen LogP contribution in [0.15, 0.2) is 28.8 Å². The van der Waals surface area contributed by atoms with Crippen molar-refractivity contribution < 1.29 is 9.32 Å². The SMILES string of the molecule is Cc1cc(CN(C)CCC(=O)Nc2cc(Cl)ccc2Cl)no1. The highest BCUT2D eigenvalue weighted by atomic mass is 35.5. The smallest absolute Gasteiger partial charge is 0.225 e. The predicted molar refractivity (Wildman–Crippen MR) is 87.3 cm³/mol. The van der Waals surface area contributed by atoms with Gasteiger partial charge in [-0.3, -0.25) is 9.69 Å². The molecule has 0 unspecified atom stereocenters. The minimum Gasteiger partial charge on any atom is -0.361 e. The zero-order valence-electron chi connectivity index (χ0n) is 12.4. The number of nitrogens with zero attached hydrogens (tertiary/aromatic N) is 2. The number of aryl methyl sites for hydroxylation is 1. The van der Waals surface area contributed by atoms with Gasteiger partial charge in [-0.15, -0.1) is 0 Å². The number of hydrogen-bond donors (Lipinski definition) is 1. The molecule has 0 bridgehead atoms. The van der Waals surface area contributed by atoms with Gasteiger partial charge in [-0.2, -0.15) is 0 Å². The van der Waals surface area contributed by atoms with E-state index in [4.69, 9.17) is 27.7 Å². The maximum atomic E-state index is 12.0. The lowest BCUT2D eigenvalue weighted by Crippen LogP contribution is -2.24. The number of carbonyl (C=O) groups excluding carboxylic acids is 1. The Morgan fingerprint density at radius 2 is 2.14 bits per heavy atom. The van der Waals surface area contributed by atoms with E-state index in [1.165, 1.54) is 0 Å². The largest absolute Gasteiger partial charge is 0.361 e. The first kappa shape index (κ1) is 16.8. The van der Waals surface area contributed by atoms with Crippen molar-refractivity contribution in [3.8, 4) is 0 Å². The van der Waals surface area contributed by atoms with Gasteiger partial charge in [-0.05, 0) is 32.2 Å². The van der Waals surface area contributed by atoms with Crippen molar-refractivity contribution in [3.05, 3.63) is 45.8 Å². The third kappa shape index (κ3) is 5.02. The summed E-state index contributed by atoms with van der Waals surface area (Å²) in [7, 11) is 1.92. The van der Waals surface area contributed by atoms with E-state index >= 15 is 0 Å². The van der Waals surface area contributed by atoms with Gasteiger partial charge >= 0.3 is 0 Å². The molecule has 7 heteroatoms. The van der Waals surface area contributed by atoms with Gasteiger partial charge in [0.25, 0.3) is 0 Å². The molecule has 22 heavy (non-hydrogen) atoms. The molecule has 1 heterocycles. The molecule has 1 N–H and O–H groups in total. The monoisotopic (exact) mass is 341 g/mol. The first-order valence-corrected chi connectivity index (χ1v) is 7.55. The molecule has 0 aliphatic rings. The van der Waals surface area contributed by atoms with E-state index in [1.54, 1.807) is 18.2 Å². The zero-order valence-corrected chi connectivity index (χ0v) is 13.9. The number of halogens is 2. The zero-order chi connectivity index (χ0) is 16.1. The summed E-state index contributed by atoms with van der Waals surface area (Å²) in [5.74, 6) is 0.657. The molecule has 0 spiro atoms. The topological polar surface area (TPSA) is 58.4 Å². The number of rotatable bonds is 6. The molecule has 2 aromatic rings. The second kappa shape index (κ2) is 7.63. The Morgan fingerprint density at radius 1 is 1.36 bits per heavy atom. The summed E-state index contributed by atoms with van der Waals surface area (Å²) in [6.45, 7) is 3.07. The lowest BCUT2D eigenvalue weighted by atomic mass is 10.3. The van der Waals surface area contributed by atoms with Crippen molar-refractivity contribution in [3.63, 3.8) is 0 Å². The van der Waals surface area contributed by atoms with Crippen LogP contribution in [0.25, 0.3) is 0 Å². The number of anilines is 1. The van der Waals surface area contributed by atoms with Crippen LogP contribution in [0.5, 0.6) is 0 Å².